The lowest BCUT2D eigenvalue weighted by Gasteiger charge is -2.06. The van der Waals surface area contributed by atoms with Crippen molar-refractivity contribution in [1.82, 2.24) is 9.97 Å². The van der Waals surface area contributed by atoms with E-state index in [1.54, 1.807) is 11.3 Å². The number of pyridine rings is 1. The Balaban J connectivity index is 2.05. The third-order valence-corrected chi connectivity index (χ3v) is 3.58. The number of hydrogen-bond acceptors (Lipinski definition) is 7. The lowest BCUT2D eigenvalue weighted by molar-refractivity contribution is -0.384. The first-order chi connectivity index (χ1) is 9.60. The highest BCUT2D eigenvalue weighted by atomic mass is 32.1. The minimum Gasteiger partial charge on any atom is -0.481 e. The van der Waals surface area contributed by atoms with Gasteiger partial charge in [0.05, 0.1) is 17.0 Å². The molecule has 0 amide bonds. The van der Waals surface area contributed by atoms with Gasteiger partial charge in [-0.1, -0.05) is 0 Å². The molecule has 0 bridgehead atoms. The van der Waals surface area contributed by atoms with Crippen molar-refractivity contribution in [3.8, 4) is 5.88 Å². The smallest absolute Gasteiger partial charge is 0.311 e. The SMILES string of the molecule is COc1ccc([N+](=O)[O-])c(NCCc2nc(C)cs2)n1. The fourth-order valence-electron chi connectivity index (χ4n) is 1.63. The number of nitrogens with one attached hydrogen (secondary N) is 1. The van der Waals surface area contributed by atoms with E-state index in [0.29, 0.717) is 18.8 Å². The standard InChI is InChI=1S/C12H14N4O3S/c1-8-7-20-11(14-8)5-6-13-12-9(16(17)18)3-4-10(15-12)19-2/h3-4,7H,5-6H2,1-2H3,(H,13,15). The van der Waals surface area contributed by atoms with E-state index >= 15 is 0 Å². The lowest BCUT2D eigenvalue weighted by Crippen LogP contribution is -2.09. The largest absolute Gasteiger partial charge is 0.481 e. The van der Waals surface area contributed by atoms with E-state index in [0.717, 1.165) is 10.7 Å². The maximum atomic E-state index is 10.9. The van der Waals surface area contributed by atoms with Crippen LogP contribution < -0.4 is 10.1 Å². The highest BCUT2D eigenvalue weighted by Gasteiger charge is 2.16. The molecule has 0 saturated heterocycles. The van der Waals surface area contributed by atoms with E-state index in [-0.39, 0.29) is 11.5 Å². The molecule has 2 aromatic heterocycles. The van der Waals surface area contributed by atoms with Crippen molar-refractivity contribution in [2.75, 3.05) is 19.0 Å². The van der Waals surface area contributed by atoms with Crippen LogP contribution in [0.15, 0.2) is 17.5 Å². The number of ether oxygens (including phenoxy) is 1. The molecule has 106 valence electrons. The second-order valence-electron chi connectivity index (χ2n) is 4.04. The summed E-state index contributed by atoms with van der Waals surface area (Å²) in [6, 6.07) is 2.84. The number of nitro groups is 1. The van der Waals surface area contributed by atoms with Crippen LogP contribution >= 0.6 is 11.3 Å². The Bertz CT molecular complexity index is 614. The van der Waals surface area contributed by atoms with Crippen molar-refractivity contribution in [3.05, 3.63) is 38.3 Å². The fourth-order valence-corrected chi connectivity index (χ4v) is 2.41. The van der Waals surface area contributed by atoms with E-state index in [4.69, 9.17) is 4.74 Å². The van der Waals surface area contributed by atoms with Crippen molar-refractivity contribution in [1.29, 1.82) is 0 Å². The average molecular weight is 294 g/mol. The predicted octanol–water partition coefficient (Wildman–Crippen LogP) is 2.42. The molecule has 1 N–H and O–H groups in total. The summed E-state index contributed by atoms with van der Waals surface area (Å²) in [7, 11) is 1.47. The normalized spacial score (nSPS) is 10.3. The monoisotopic (exact) mass is 294 g/mol. The Hall–Kier alpha value is -2.22. The number of methoxy groups -OCH3 is 1. The summed E-state index contributed by atoms with van der Waals surface area (Å²) in [5.41, 5.74) is 0.914. The van der Waals surface area contributed by atoms with Gasteiger partial charge >= 0.3 is 5.69 Å². The summed E-state index contributed by atoms with van der Waals surface area (Å²) in [6.45, 7) is 2.45. The Morgan fingerprint density at radius 2 is 2.25 bits per heavy atom. The first-order valence-corrected chi connectivity index (χ1v) is 6.82. The third-order valence-electron chi connectivity index (χ3n) is 2.55. The molecule has 7 nitrogen and oxygen atoms in total. The van der Waals surface area contributed by atoms with Gasteiger partial charge in [0.15, 0.2) is 0 Å². The van der Waals surface area contributed by atoms with Gasteiger partial charge in [0.2, 0.25) is 11.7 Å². The van der Waals surface area contributed by atoms with Crippen molar-refractivity contribution < 1.29 is 9.66 Å². The van der Waals surface area contributed by atoms with Crippen molar-refractivity contribution >= 4 is 22.8 Å². The maximum Gasteiger partial charge on any atom is 0.311 e. The number of nitrogens with zero attached hydrogens (tertiary/aromatic N) is 3. The summed E-state index contributed by atoms with van der Waals surface area (Å²) >= 11 is 1.57. The summed E-state index contributed by atoms with van der Waals surface area (Å²) in [4.78, 5) is 18.9. The van der Waals surface area contributed by atoms with Crippen LogP contribution in [0.2, 0.25) is 0 Å². The van der Waals surface area contributed by atoms with E-state index in [1.165, 1.54) is 19.2 Å². The van der Waals surface area contributed by atoms with Crippen molar-refractivity contribution in [2.24, 2.45) is 0 Å². The predicted molar refractivity (Wildman–Crippen MR) is 76.5 cm³/mol. The molecule has 0 radical (unpaired) electrons. The first kappa shape index (κ1) is 14.2. The molecule has 20 heavy (non-hydrogen) atoms. The van der Waals surface area contributed by atoms with Gasteiger partial charge in [-0.25, -0.2) is 4.98 Å². The number of anilines is 1. The van der Waals surface area contributed by atoms with Crippen molar-refractivity contribution in [2.45, 2.75) is 13.3 Å². The van der Waals surface area contributed by atoms with Crippen LogP contribution in [0.5, 0.6) is 5.88 Å². The highest BCUT2D eigenvalue weighted by Crippen LogP contribution is 2.24. The highest BCUT2D eigenvalue weighted by molar-refractivity contribution is 7.09. The zero-order valence-corrected chi connectivity index (χ0v) is 11.9. The second kappa shape index (κ2) is 6.29. The molecular formula is C12H14N4O3S. The Morgan fingerprint density at radius 1 is 1.45 bits per heavy atom. The Kier molecular flexibility index (Phi) is 4.46. The average Bonchev–Trinajstić information content (AvgIpc) is 2.84. The maximum absolute atomic E-state index is 10.9. The van der Waals surface area contributed by atoms with Gasteiger partial charge in [0, 0.05) is 36.2 Å². The fraction of sp³-hybridized carbons (Fsp3) is 0.333. The zero-order chi connectivity index (χ0) is 14.5. The van der Waals surface area contributed by atoms with Crippen LogP contribution in [0.25, 0.3) is 0 Å². The molecule has 0 unspecified atom stereocenters. The molecule has 8 heteroatoms. The van der Waals surface area contributed by atoms with Gasteiger partial charge in [-0.3, -0.25) is 10.1 Å². The Morgan fingerprint density at radius 3 is 2.85 bits per heavy atom. The molecule has 0 aliphatic heterocycles. The quantitative estimate of drug-likeness (QED) is 0.650. The molecule has 0 saturated carbocycles. The summed E-state index contributed by atoms with van der Waals surface area (Å²) in [5.74, 6) is 0.547. The molecule has 0 aliphatic rings. The van der Waals surface area contributed by atoms with E-state index in [9.17, 15) is 10.1 Å². The van der Waals surface area contributed by atoms with Crippen LogP contribution in [0, 0.1) is 17.0 Å². The number of hydrogen-bond donors (Lipinski definition) is 1. The molecule has 0 atom stereocenters. The molecule has 2 rings (SSSR count). The minimum absolute atomic E-state index is 0.0684. The summed E-state index contributed by atoms with van der Waals surface area (Å²) in [5, 5.41) is 16.9. The topological polar surface area (TPSA) is 90.2 Å². The molecular weight excluding hydrogens is 280 g/mol. The second-order valence-corrected chi connectivity index (χ2v) is 4.98. The third kappa shape index (κ3) is 3.41. The summed E-state index contributed by atoms with van der Waals surface area (Å²) < 4.78 is 4.97. The van der Waals surface area contributed by atoms with Crippen LogP contribution in [-0.4, -0.2) is 28.5 Å². The molecule has 2 heterocycles. The van der Waals surface area contributed by atoms with Crippen LogP contribution in [0.4, 0.5) is 11.5 Å². The van der Waals surface area contributed by atoms with Crippen molar-refractivity contribution in [3.63, 3.8) is 0 Å². The van der Waals surface area contributed by atoms with Crippen LogP contribution in [-0.2, 0) is 6.42 Å². The van der Waals surface area contributed by atoms with Gasteiger partial charge < -0.3 is 10.1 Å². The molecule has 2 aromatic rings. The molecule has 0 aliphatic carbocycles. The van der Waals surface area contributed by atoms with Gasteiger partial charge in [-0.05, 0) is 6.92 Å². The first-order valence-electron chi connectivity index (χ1n) is 5.94. The minimum atomic E-state index is -0.470. The van der Waals surface area contributed by atoms with Crippen LogP contribution in [0.1, 0.15) is 10.7 Å². The van der Waals surface area contributed by atoms with Gasteiger partial charge in [0.1, 0.15) is 0 Å². The number of thiazole rings is 1. The molecule has 0 spiro atoms. The Labute approximate surface area is 119 Å². The van der Waals surface area contributed by atoms with Gasteiger partial charge in [-0.15, -0.1) is 11.3 Å². The van der Waals surface area contributed by atoms with Gasteiger partial charge in [0.25, 0.3) is 0 Å². The molecule has 0 aromatic carbocycles. The number of rotatable bonds is 6. The summed E-state index contributed by atoms with van der Waals surface area (Å²) in [6.07, 6.45) is 0.689. The number of aryl methyl sites for hydroxylation is 1. The zero-order valence-electron chi connectivity index (χ0n) is 11.1. The molecule has 0 fully saturated rings. The van der Waals surface area contributed by atoms with E-state index in [1.807, 2.05) is 12.3 Å². The van der Waals surface area contributed by atoms with Crippen LogP contribution in [0.3, 0.4) is 0 Å². The lowest BCUT2D eigenvalue weighted by atomic mass is 10.3. The van der Waals surface area contributed by atoms with E-state index in [2.05, 4.69) is 15.3 Å². The van der Waals surface area contributed by atoms with E-state index < -0.39 is 4.92 Å². The number of aromatic nitrogens is 2. The van der Waals surface area contributed by atoms with Gasteiger partial charge in [-0.2, -0.15) is 4.98 Å².